The minimum absolute atomic E-state index is 0.00312. The van der Waals surface area contributed by atoms with Gasteiger partial charge in [-0.05, 0) is 18.2 Å². The first-order valence-corrected chi connectivity index (χ1v) is 8.21. The highest BCUT2D eigenvalue weighted by Gasteiger charge is 2.05. The van der Waals surface area contributed by atoms with Gasteiger partial charge in [0, 0.05) is 11.1 Å². The topological polar surface area (TPSA) is 98.8 Å². The monoisotopic (exact) mass is 362 g/mol. The molecule has 7 nitrogen and oxygen atoms in total. The van der Waals surface area contributed by atoms with Crippen LogP contribution in [0.25, 0.3) is 0 Å². The standard InChI is InChI=1S/C20H18N4O3/c25-19-13-7-6-12-18(19)22-24-20(15-8-2-1-3-9-15)23-21-17-11-5-4-10-16(17)14-27-26/h1-13,22,25-26H,14H2. The number of nitrogens with one attached hydrogen (secondary N) is 1. The Morgan fingerprint density at radius 3 is 2.37 bits per heavy atom. The van der Waals surface area contributed by atoms with Crippen molar-refractivity contribution in [2.45, 2.75) is 6.61 Å². The summed E-state index contributed by atoms with van der Waals surface area (Å²) in [5.41, 5.74) is 5.25. The predicted octanol–water partition coefficient (Wildman–Crippen LogP) is 4.94. The third-order valence-corrected chi connectivity index (χ3v) is 3.68. The maximum atomic E-state index is 9.87. The molecule has 0 aliphatic carbocycles. The number of azo groups is 1. The zero-order chi connectivity index (χ0) is 18.9. The van der Waals surface area contributed by atoms with E-state index in [1.807, 2.05) is 42.5 Å². The van der Waals surface area contributed by atoms with Crippen LogP contribution < -0.4 is 5.43 Å². The lowest BCUT2D eigenvalue weighted by molar-refractivity contribution is -0.252. The van der Waals surface area contributed by atoms with E-state index in [1.165, 1.54) is 0 Å². The number of benzene rings is 3. The lowest BCUT2D eigenvalue weighted by Crippen LogP contribution is -2.01. The molecule has 0 aliphatic heterocycles. The summed E-state index contributed by atoms with van der Waals surface area (Å²) >= 11 is 0. The van der Waals surface area contributed by atoms with E-state index in [-0.39, 0.29) is 12.4 Å². The van der Waals surface area contributed by atoms with Crippen LogP contribution in [0.5, 0.6) is 5.75 Å². The molecule has 3 aromatic carbocycles. The van der Waals surface area contributed by atoms with Crippen molar-refractivity contribution in [1.29, 1.82) is 0 Å². The normalized spacial score (nSPS) is 11.7. The van der Waals surface area contributed by atoms with Gasteiger partial charge in [-0.2, -0.15) is 5.10 Å². The van der Waals surface area contributed by atoms with Crippen molar-refractivity contribution in [2.24, 2.45) is 15.3 Å². The number of nitrogens with zero attached hydrogens (tertiary/aromatic N) is 3. The summed E-state index contributed by atoms with van der Waals surface area (Å²) < 4.78 is 0. The molecule has 0 heterocycles. The first kappa shape index (κ1) is 18.2. The van der Waals surface area contributed by atoms with Gasteiger partial charge in [-0.3, -0.25) is 10.7 Å². The van der Waals surface area contributed by atoms with Crippen molar-refractivity contribution < 1.29 is 15.3 Å². The van der Waals surface area contributed by atoms with Crippen LogP contribution in [0.15, 0.2) is 94.2 Å². The minimum atomic E-state index is 0.00312. The fourth-order valence-electron chi connectivity index (χ4n) is 2.31. The fraction of sp³-hybridized carbons (Fsp3) is 0.0500. The molecule has 0 amide bonds. The van der Waals surface area contributed by atoms with Crippen molar-refractivity contribution in [3.63, 3.8) is 0 Å². The molecule has 7 heteroatoms. The second-order valence-corrected chi connectivity index (χ2v) is 5.53. The number of hydrogen-bond acceptors (Lipinski definition) is 6. The molecule has 136 valence electrons. The van der Waals surface area contributed by atoms with Crippen LogP contribution in [-0.4, -0.2) is 16.2 Å². The Kier molecular flexibility index (Phi) is 6.24. The predicted molar refractivity (Wildman–Crippen MR) is 103 cm³/mol. The van der Waals surface area contributed by atoms with E-state index in [2.05, 4.69) is 25.6 Å². The number of phenols is 1. The number of aromatic hydroxyl groups is 1. The molecule has 0 radical (unpaired) electrons. The van der Waals surface area contributed by atoms with E-state index in [1.54, 1.807) is 36.4 Å². The van der Waals surface area contributed by atoms with E-state index in [9.17, 15) is 5.11 Å². The molecule has 3 rings (SSSR count). The molecule has 3 N–H and O–H groups in total. The number of rotatable bonds is 6. The van der Waals surface area contributed by atoms with Crippen molar-refractivity contribution in [3.8, 4) is 5.75 Å². The number of hydrazone groups is 1. The summed E-state index contributed by atoms with van der Waals surface area (Å²) in [6.07, 6.45) is 0. The number of hydrogen-bond donors (Lipinski definition) is 3. The molecule has 0 bridgehead atoms. The molecule has 0 spiro atoms. The van der Waals surface area contributed by atoms with Gasteiger partial charge in [-0.25, -0.2) is 4.89 Å². The summed E-state index contributed by atoms with van der Waals surface area (Å²) in [4.78, 5) is 4.21. The van der Waals surface area contributed by atoms with Crippen molar-refractivity contribution in [3.05, 3.63) is 90.0 Å². The number of phenolic OH excluding ortho intramolecular Hbond substituents is 1. The van der Waals surface area contributed by atoms with Gasteiger partial charge in [-0.15, -0.1) is 10.2 Å². The highest BCUT2D eigenvalue weighted by atomic mass is 17.1. The van der Waals surface area contributed by atoms with Crippen LogP contribution in [-0.2, 0) is 11.5 Å². The average molecular weight is 362 g/mol. The van der Waals surface area contributed by atoms with Crippen molar-refractivity contribution in [2.75, 3.05) is 5.43 Å². The van der Waals surface area contributed by atoms with E-state index < -0.39 is 0 Å². The molecule has 0 saturated carbocycles. The van der Waals surface area contributed by atoms with E-state index in [0.29, 0.717) is 22.8 Å². The number of amidine groups is 1. The van der Waals surface area contributed by atoms with Crippen LogP contribution in [0, 0.1) is 0 Å². The van der Waals surface area contributed by atoms with Gasteiger partial charge in [0.05, 0.1) is 11.4 Å². The zero-order valence-electron chi connectivity index (χ0n) is 14.4. The first-order chi connectivity index (χ1) is 13.3. The maximum absolute atomic E-state index is 9.87. The maximum Gasteiger partial charge on any atom is 0.201 e. The Morgan fingerprint density at radius 2 is 1.59 bits per heavy atom. The van der Waals surface area contributed by atoms with Crippen LogP contribution in [0.3, 0.4) is 0 Å². The summed E-state index contributed by atoms with van der Waals surface area (Å²) in [6, 6.07) is 23.3. The Labute approximate surface area is 156 Å². The highest BCUT2D eigenvalue weighted by Crippen LogP contribution is 2.23. The lowest BCUT2D eigenvalue weighted by atomic mass is 10.2. The molecule has 0 unspecified atom stereocenters. The van der Waals surface area contributed by atoms with Gasteiger partial charge in [-0.1, -0.05) is 60.7 Å². The second kappa shape index (κ2) is 9.23. The summed E-state index contributed by atoms with van der Waals surface area (Å²) in [6.45, 7) is 0.00312. The second-order valence-electron chi connectivity index (χ2n) is 5.53. The lowest BCUT2D eigenvalue weighted by Gasteiger charge is -2.06. The number of anilines is 1. The summed E-state index contributed by atoms with van der Waals surface area (Å²) in [5.74, 6) is 0.412. The molecule has 0 aliphatic rings. The summed E-state index contributed by atoms with van der Waals surface area (Å²) in [7, 11) is 0. The molecule has 27 heavy (non-hydrogen) atoms. The van der Waals surface area contributed by atoms with E-state index >= 15 is 0 Å². The Morgan fingerprint density at radius 1 is 0.889 bits per heavy atom. The van der Waals surface area contributed by atoms with Gasteiger partial charge in [0.2, 0.25) is 5.84 Å². The quantitative estimate of drug-likeness (QED) is 0.144. The SMILES string of the molecule is OOCc1ccccc1N=NC(=NNc1ccccc1O)c1ccccc1. The van der Waals surface area contributed by atoms with Gasteiger partial charge < -0.3 is 5.11 Å². The van der Waals surface area contributed by atoms with Crippen molar-refractivity contribution in [1.82, 2.24) is 0 Å². The van der Waals surface area contributed by atoms with Crippen LogP contribution >= 0.6 is 0 Å². The van der Waals surface area contributed by atoms with Crippen molar-refractivity contribution >= 4 is 17.2 Å². The Bertz CT molecular complexity index is 943. The van der Waals surface area contributed by atoms with Crippen LogP contribution in [0.2, 0.25) is 0 Å². The van der Waals surface area contributed by atoms with Crippen LogP contribution in [0.4, 0.5) is 11.4 Å². The van der Waals surface area contributed by atoms with Gasteiger partial charge in [0.15, 0.2) is 0 Å². The van der Waals surface area contributed by atoms with E-state index in [4.69, 9.17) is 5.26 Å². The fourth-order valence-corrected chi connectivity index (χ4v) is 2.31. The summed E-state index contributed by atoms with van der Waals surface area (Å²) in [5, 5.41) is 31.3. The molecular weight excluding hydrogens is 344 g/mol. The van der Waals surface area contributed by atoms with Crippen LogP contribution in [0.1, 0.15) is 11.1 Å². The molecular formula is C20H18N4O3. The van der Waals surface area contributed by atoms with Gasteiger partial charge in [0.1, 0.15) is 12.4 Å². The largest absolute Gasteiger partial charge is 0.506 e. The van der Waals surface area contributed by atoms with Gasteiger partial charge in [0.25, 0.3) is 0 Å². The molecule has 3 aromatic rings. The average Bonchev–Trinajstić information content (AvgIpc) is 2.71. The van der Waals surface area contributed by atoms with E-state index in [0.717, 1.165) is 5.56 Å². The molecule has 0 saturated heterocycles. The minimum Gasteiger partial charge on any atom is -0.506 e. The first-order valence-electron chi connectivity index (χ1n) is 8.21. The highest BCUT2D eigenvalue weighted by molar-refractivity contribution is 5.99. The smallest absolute Gasteiger partial charge is 0.201 e. The zero-order valence-corrected chi connectivity index (χ0v) is 14.4. The molecule has 0 atom stereocenters. The third-order valence-electron chi connectivity index (χ3n) is 3.68. The molecule has 0 aromatic heterocycles. The Balaban J connectivity index is 1.92. The van der Waals surface area contributed by atoms with Gasteiger partial charge >= 0.3 is 0 Å². The third kappa shape index (κ3) is 4.97. The molecule has 0 fully saturated rings. The Hall–Kier alpha value is -3.55. The number of para-hydroxylation sites is 2.